The zero-order valence-corrected chi connectivity index (χ0v) is 17.9. The molecular formula is C24H31NO6. The largest absolute Gasteiger partial charge is 0.490 e. The van der Waals surface area contributed by atoms with E-state index < -0.39 is 37.1 Å². The van der Waals surface area contributed by atoms with Crippen LogP contribution in [0.1, 0.15) is 42.6 Å². The molecule has 2 aliphatic rings. The summed E-state index contributed by atoms with van der Waals surface area (Å²) in [5, 5.41) is 40.0. The van der Waals surface area contributed by atoms with Gasteiger partial charge in [0.15, 0.2) is 0 Å². The number of anilines is 1. The zero-order valence-electron chi connectivity index (χ0n) is 17.9. The summed E-state index contributed by atoms with van der Waals surface area (Å²) in [4.78, 5) is 2.25. The number of ether oxygens (including phenoxy) is 2. The van der Waals surface area contributed by atoms with Crippen molar-refractivity contribution in [3.8, 4) is 5.75 Å². The van der Waals surface area contributed by atoms with E-state index in [4.69, 9.17) is 9.47 Å². The third-order valence-corrected chi connectivity index (χ3v) is 6.18. The smallest absolute Gasteiger partial charge is 0.143 e. The summed E-state index contributed by atoms with van der Waals surface area (Å²) in [6.45, 7) is 5.97. The van der Waals surface area contributed by atoms with E-state index in [-0.39, 0.29) is 0 Å². The maximum atomic E-state index is 10.4. The molecule has 4 N–H and O–H groups in total. The van der Waals surface area contributed by atoms with Crippen molar-refractivity contribution in [2.24, 2.45) is 0 Å². The molecule has 2 aliphatic heterocycles. The molecule has 1 fully saturated rings. The maximum absolute atomic E-state index is 10.4. The highest BCUT2D eigenvalue weighted by Crippen LogP contribution is 2.39. The molecule has 7 heteroatoms. The Morgan fingerprint density at radius 1 is 1.00 bits per heavy atom. The molecule has 0 aliphatic carbocycles. The lowest BCUT2D eigenvalue weighted by atomic mass is 9.91. The maximum Gasteiger partial charge on any atom is 0.143 e. The van der Waals surface area contributed by atoms with Gasteiger partial charge in [-0.15, -0.1) is 0 Å². The molecule has 2 heterocycles. The number of rotatable bonds is 5. The number of nitrogens with zero attached hydrogens (tertiary/aromatic N) is 1. The molecule has 5 atom stereocenters. The van der Waals surface area contributed by atoms with Crippen LogP contribution in [0.3, 0.4) is 0 Å². The summed E-state index contributed by atoms with van der Waals surface area (Å²) in [7, 11) is 0. The van der Waals surface area contributed by atoms with Crippen LogP contribution in [0.4, 0.5) is 5.69 Å². The Morgan fingerprint density at radius 2 is 1.74 bits per heavy atom. The van der Waals surface area contributed by atoms with Crippen molar-refractivity contribution < 1.29 is 29.9 Å². The first-order valence-electron chi connectivity index (χ1n) is 10.8. The Kier molecular flexibility index (Phi) is 6.50. The molecular weight excluding hydrogens is 398 g/mol. The molecule has 0 saturated carbocycles. The lowest BCUT2D eigenvalue weighted by Crippen LogP contribution is -2.55. The Balaban J connectivity index is 1.54. The van der Waals surface area contributed by atoms with Crippen LogP contribution in [-0.2, 0) is 11.3 Å². The van der Waals surface area contributed by atoms with Crippen molar-refractivity contribution in [1.82, 2.24) is 0 Å². The summed E-state index contributed by atoms with van der Waals surface area (Å²) in [6.07, 6.45) is -5.90. The number of fused-ring (bicyclic) bond motifs is 1. The van der Waals surface area contributed by atoms with Gasteiger partial charge in [0.05, 0.1) is 18.8 Å². The van der Waals surface area contributed by atoms with Crippen molar-refractivity contribution >= 4 is 5.69 Å². The average Bonchev–Trinajstić information content (AvgIpc) is 2.78. The number of aliphatic hydroxyl groups is 4. The molecule has 31 heavy (non-hydrogen) atoms. The Labute approximate surface area is 182 Å². The van der Waals surface area contributed by atoms with Gasteiger partial charge in [-0.2, -0.15) is 0 Å². The molecule has 2 aromatic carbocycles. The zero-order chi connectivity index (χ0) is 22.1. The first kappa shape index (κ1) is 22.0. The molecule has 168 valence electrons. The highest BCUT2D eigenvalue weighted by molar-refractivity contribution is 5.61. The van der Waals surface area contributed by atoms with E-state index in [1.54, 1.807) is 6.07 Å². The minimum absolute atomic E-state index is 0.452. The molecule has 0 aromatic heterocycles. The van der Waals surface area contributed by atoms with Crippen molar-refractivity contribution in [1.29, 1.82) is 0 Å². The van der Waals surface area contributed by atoms with Crippen LogP contribution in [0, 0.1) is 0 Å². The Hall–Kier alpha value is -2.16. The van der Waals surface area contributed by atoms with Crippen LogP contribution in [0.5, 0.6) is 5.75 Å². The van der Waals surface area contributed by atoms with Gasteiger partial charge in [0.1, 0.15) is 42.9 Å². The van der Waals surface area contributed by atoms with E-state index in [1.807, 2.05) is 12.1 Å². The fourth-order valence-electron chi connectivity index (χ4n) is 4.24. The lowest BCUT2D eigenvalue weighted by molar-refractivity contribution is -0.231. The van der Waals surface area contributed by atoms with Gasteiger partial charge in [-0.05, 0) is 34.7 Å². The van der Waals surface area contributed by atoms with Gasteiger partial charge in [0, 0.05) is 6.54 Å². The summed E-state index contributed by atoms with van der Waals surface area (Å²) in [6, 6.07) is 14.2. The first-order chi connectivity index (χ1) is 14.9. The van der Waals surface area contributed by atoms with Gasteiger partial charge < -0.3 is 34.8 Å². The van der Waals surface area contributed by atoms with Gasteiger partial charge >= 0.3 is 0 Å². The highest BCUT2D eigenvalue weighted by Gasteiger charge is 2.44. The molecule has 0 bridgehead atoms. The molecule has 2 aromatic rings. The van der Waals surface area contributed by atoms with Crippen molar-refractivity contribution in [2.75, 3.05) is 24.7 Å². The quantitative estimate of drug-likeness (QED) is 0.574. The average molecular weight is 430 g/mol. The second-order valence-electron chi connectivity index (χ2n) is 8.64. The van der Waals surface area contributed by atoms with E-state index in [2.05, 4.69) is 43.0 Å². The van der Waals surface area contributed by atoms with Gasteiger partial charge in [-0.1, -0.05) is 44.2 Å². The fraction of sp³-hybridized carbons (Fsp3) is 0.500. The van der Waals surface area contributed by atoms with Gasteiger partial charge in [-0.25, -0.2) is 0 Å². The minimum atomic E-state index is -1.40. The highest BCUT2D eigenvalue weighted by atomic mass is 16.5. The molecule has 0 radical (unpaired) electrons. The van der Waals surface area contributed by atoms with Gasteiger partial charge in [0.25, 0.3) is 0 Å². The Morgan fingerprint density at radius 3 is 2.42 bits per heavy atom. The van der Waals surface area contributed by atoms with Gasteiger partial charge in [-0.3, -0.25) is 0 Å². The topological polar surface area (TPSA) is 103 Å². The summed E-state index contributed by atoms with van der Waals surface area (Å²) in [5.41, 5.74) is 4.11. The number of benzene rings is 2. The standard InChI is InChI=1S/C24H31NO6/c1-14(2)16-5-3-15(4-6-16)12-25-9-10-30-19-11-17(7-8-18(19)25)24-23(29)22(28)21(27)20(13-26)31-24/h3-8,11,14,20-24,26-29H,9-10,12-13H2,1-2H3/t20-,21-,22+,23-,24+/m1/s1. The molecule has 4 rings (SSSR count). The predicted octanol–water partition coefficient (Wildman–Crippen LogP) is 1.72. The minimum Gasteiger partial charge on any atom is -0.490 e. The summed E-state index contributed by atoms with van der Waals surface area (Å²) >= 11 is 0. The molecule has 0 spiro atoms. The number of hydrogen-bond donors (Lipinski definition) is 4. The van der Waals surface area contributed by atoms with Crippen LogP contribution in [0.15, 0.2) is 42.5 Å². The number of aliphatic hydroxyl groups excluding tert-OH is 4. The van der Waals surface area contributed by atoms with Crippen LogP contribution >= 0.6 is 0 Å². The van der Waals surface area contributed by atoms with E-state index in [1.165, 1.54) is 11.1 Å². The van der Waals surface area contributed by atoms with Crippen LogP contribution < -0.4 is 9.64 Å². The SMILES string of the molecule is CC(C)c1ccc(CN2CCOc3cc([C@@H]4O[C@H](CO)[C@@H](O)[C@H](O)[C@H]4O)ccc32)cc1. The second kappa shape index (κ2) is 9.14. The van der Waals surface area contributed by atoms with Crippen LogP contribution in [0.25, 0.3) is 0 Å². The Bertz CT molecular complexity index is 884. The van der Waals surface area contributed by atoms with Crippen molar-refractivity contribution in [3.63, 3.8) is 0 Å². The van der Waals surface area contributed by atoms with Crippen LogP contribution in [-0.4, -0.2) is 64.6 Å². The third-order valence-electron chi connectivity index (χ3n) is 6.18. The lowest BCUT2D eigenvalue weighted by Gasteiger charge is -2.40. The summed E-state index contributed by atoms with van der Waals surface area (Å²) in [5.74, 6) is 1.18. The first-order valence-corrected chi connectivity index (χ1v) is 10.8. The summed E-state index contributed by atoms with van der Waals surface area (Å²) < 4.78 is 11.6. The normalized spacial score (nSPS) is 28.4. The fourth-order valence-corrected chi connectivity index (χ4v) is 4.24. The predicted molar refractivity (Wildman–Crippen MR) is 116 cm³/mol. The van der Waals surface area contributed by atoms with E-state index in [9.17, 15) is 20.4 Å². The van der Waals surface area contributed by atoms with Gasteiger partial charge in [0.2, 0.25) is 0 Å². The third kappa shape index (κ3) is 4.42. The monoisotopic (exact) mass is 429 g/mol. The molecule has 1 saturated heterocycles. The van der Waals surface area contributed by atoms with E-state index >= 15 is 0 Å². The second-order valence-corrected chi connectivity index (χ2v) is 8.64. The molecule has 0 unspecified atom stereocenters. The van der Waals surface area contributed by atoms with E-state index in [0.29, 0.717) is 23.8 Å². The molecule has 0 amide bonds. The number of hydrogen-bond acceptors (Lipinski definition) is 7. The van der Waals surface area contributed by atoms with Crippen molar-refractivity contribution in [3.05, 3.63) is 59.2 Å². The van der Waals surface area contributed by atoms with Crippen molar-refractivity contribution in [2.45, 2.75) is 56.8 Å². The molecule has 7 nitrogen and oxygen atoms in total. The van der Waals surface area contributed by atoms with Crippen LogP contribution in [0.2, 0.25) is 0 Å². The van der Waals surface area contributed by atoms with E-state index in [0.717, 1.165) is 18.8 Å².